The fourth-order valence-electron chi connectivity index (χ4n) is 1.90. The van der Waals surface area contributed by atoms with Crippen molar-refractivity contribution in [3.05, 3.63) is 47.3 Å². The molecule has 0 fully saturated rings. The summed E-state index contributed by atoms with van der Waals surface area (Å²) < 4.78 is 5.67. The maximum atomic E-state index is 5.67. The highest BCUT2D eigenvalue weighted by atomic mass is 16.5. The molecule has 1 aromatic heterocycles. The Morgan fingerprint density at radius 3 is 2.48 bits per heavy atom. The fourth-order valence-corrected chi connectivity index (χ4v) is 1.90. The summed E-state index contributed by atoms with van der Waals surface area (Å²) in [6.07, 6.45) is 1.83. The molecular weight excluding hydrogens is 262 g/mol. The zero-order chi connectivity index (χ0) is 15.2. The van der Waals surface area contributed by atoms with Crippen molar-refractivity contribution in [3.63, 3.8) is 0 Å². The second kappa shape index (κ2) is 7.18. The third-order valence-electron chi connectivity index (χ3n) is 3.16. The number of rotatable bonds is 6. The predicted molar refractivity (Wildman–Crippen MR) is 84.6 cm³/mol. The average molecular weight is 285 g/mol. The standard InChI is InChI=1S/C17H23N3O/c1-12(2)9-18-10-15-11-19-17(20-14(15)4)21-16-7-5-13(3)6-8-16/h5-8,11-12,18H,9-10H2,1-4H3. The number of benzene rings is 1. The molecule has 0 radical (unpaired) electrons. The second-order valence-corrected chi connectivity index (χ2v) is 5.70. The minimum atomic E-state index is 0.393. The summed E-state index contributed by atoms with van der Waals surface area (Å²) in [5.41, 5.74) is 3.25. The van der Waals surface area contributed by atoms with Crippen LogP contribution < -0.4 is 10.1 Å². The number of nitrogens with zero attached hydrogens (tertiary/aromatic N) is 2. The molecule has 0 saturated heterocycles. The average Bonchev–Trinajstić information content (AvgIpc) is 2.43. The highest BCUT2D eigenvalue weighted by Gasteiger charge is 2.05. The van der Waals surface area contributed by atoms with Crippen LogP contribution in [0.4, 0.5) is 0 Å². The van der Waals surface area contributed by atoms with Gasteiger partial charge in [0.05, 0.1) is 0 Å². The van der Waals surface area contributed by atoms with E-state index in [4.69, 9.17) is 4.74 Å². The topological polar surface area (TPSA) is 47.0 Å². The second-order valence-electron chi connectivity index (χ2n) is 5.70. The number of nitrogens with one attached hydrogen (secondary N) is 1. The summed E-state index contributed by atoms with van der Waals surface area (Å²) in [5.74, 6) is 1.39. The molecule has 112 valence electrons. The minimum Gasteiger partial charge on any atom is -0.424 e. The molecule has 1 N–H and O–H groups in total. The lowest BCUT2D eigenvalue weighted by molar-refractivity contribution is 0.438. The molecule has 0 amide bonds. The molecule has 1 heterocycles. The number of ether oxygens (including phenoxy) is 1. The first-order valence-corrected chi connectivity index (χ1v) is 7.32. The van der Waals surface area contributed by atoms with Gasteiger partial charge in [0.25, 0.3) is 0 Å². The van der Waals surface area contributed by atoms with Gasteiger partial charge in [0, 0.05) is 24.0 Å². The van der Waals surface area contributed by atoms with E-state index in [9.17, 15) is 0 Å². The van der Waals surface area contributed by atoms with Crippen LogP contribution >= 0.6 is 0 Å². The van der Waals surface area contributed by atoms with Crippen molar-refractivity contribution in [2.24, 2.45) is 5.92 Å². The van der Waals surface area contributed by atoms with Crippen LogP contribution in [0.3, 0.4) is 0 Å². The van der Waals surface area contributed by atoms with Gasteiger partial charge in [-0.2, -0.15) is 4.98 Å². The summed E-state index contributed by atoms with van der Waals surface area (Å²) in [6, 6.07) is 8.25. The van der Waals surface area contributed by atoms with Gasteiger partial charge in [0.1, 0.15) is 5.75 Å². The van der Waals surface area contributed by atoms with Crippen molar-refractivity contribution in [1.82, 2.24) is 15.3 Å². The molecule has 21 heavy (non-hydrogen) atoms. The van der Waals surface area contributed by atoms with Crippen LogP contribution in [-0.4, -0.2) is 16.5 Å². The van der Waals surface area contributed by atoms with E-state index >= 15 is 0 Å². The number of hydrogen-bond acceptors (Lipinski definition) is 4. The van der Waals surface area contributed by atoms with E-state index in [1.807, 2.05) is 44.3 Å². The molecule has 2 rings (SSSR count). The van der Waals surface area contributed by atoms with Gasteiger partial charge in [-0.3, -0.25) is 0 Å². The van der Waals surface area contributed by atoms with Crippen LogP contribution in [0.15, 0.2) is 30.5 Å². The van der Waals surface area contributed by atoms with Crippen molar-refractivity contribution in [1.29, 1.82) is 0 Å². The monoisotopic (exact) mass is 285 g/mol. The van der Waals surface area contributed by atoms with Gasteiger partial charge in [-0.1, -0.05) is 31.5 Å². The molecule has 0 aliphatic rings. The third-order valence-corrected chi connectivity index (χ3v) is 3.16. The maximum Gasteiger partial charge on any atom is 0.322 e. The van der Waals surface area contributed by atoms with Crippen LogP contribution in [0.1, 0.15) is 30.7 Å². The Balaban J connectivity index is 1.99. The van der Waals surface area contributed by atoms with Gasteiger partial charge in [0.15, 0.2) is 0 Å². The maximum absolute atomic E-state index is 5.67. The van der Waals surface area contributed by atoms with E-state index in [0.717, 1.165) is 30.1 Å². The molecule has 0 spiro atoms. The SMILES string of the molecule is Cc1ccc(Oc2ncc(CNCC(C)C)c(C)n2)cc1. The van der Waals surface area contributed by atoms with Gasteiger partial charge in [0.2, 0.25) is 0 Å². The first-order chi connectivity index (χ1) is 10.0. The van der Waals surface area contributed by atoms with Crippen LogP contribution in [0.2, 0.25) is 0 Å². The zero-order valence-electron chi connectivity index (χ0n) is 13.2. The highest BCUT2D eigenvalue weighted by molar-refractivity contribution is 5.29. The lowest BCUT2D eigenvalue weighted by Crippen LogP contribution is -2.20. The first kappa shape index (κ1) is 15.4. The van der Waals surface area contributed by atoms with Crippen molar-refractivity contribution in [2.75, 3.05) is 6.54 Å². The summed E-state index contributed by atoms with van der Waals surface area (Å²) in [6.45, 7) is 10.2. The fraction of sp³-hybridized carbons (Fsp3) is 0.412. The molecule has 0 unspecified atom stereocenters. The number of hydrogen-bond donors (Lipinski definition) is 1. The summed E-state index contributed by atoms with van der Waals surface area (Å²) in [5, 5.41) is 3.40. The molecule has 0 bridgehead atoms. The Morgan fingerprint density at radius 1 is 1.14 bits per heavy atom. The number of aromatic nitrogens is 2. The predicted octanol–water partition coefficient (Wildman–Crippen LogP) is 3.63. The highest BCUT2D eigenvalue weighted by Crippen LogP contribution is 2.18. The van der Waals surface area contributed by atoms with Crippen LogP contribution in [0.5, 0.6) is 11.8 Å². The Labute approximate surface area is 126 Å². The quantitative estimate of drug-likeness (QED) is 0.880. The van der Waals surface area contributed by atoms with Crippen LogP contribution in [0.25, 0.3) is 0 Å². The van der Waals surface area contributed by atoms with E-state index in [1.165, 1.54) is 5.56 Å². The largest absolute Gasteiger partial charge is 0.424 e. The van der Waals surface area contributed by atoms with Gasteiger partial charge in [-0.15, -0.1) is 0 Å². The smallest absolute Gasteiger partial charge is 0.322 e. The zero-order valence-corrected chi connectivity index (χ0v) is 13.2. The van der Waals surface area contributed by atoms with E-state index in [0.29, 0.717) is 11.9 Å². The molecule has 0 aliphatic heterocycles. The van der Waals surface area contributed by atoms with Gasteiger partial charge in [-0.25, -0.2) is 4.98 Å². The van der Waals surface area contributed by atoms with E-state index < -0.39 is 0 Å². The lowest BCUT2D eigenvalue weighted by Gasteiger charge is -2.10. The van der Waals surface area contributed by atoms with Crippen molar-refractivity contribution in [2.45, 2.75) is 34.2 Å². The minimum absolute atomic E-state index is 0.393. The van der Waals surface area contributed by atoms with Crippen LogP contribution in [-0.2, 0) is 6.54 Å². The Kier molecular flexibility index (Phi) is 5.28. The van der Waals surface area contributed by atoms with E-state index in [1.54, 1.807) is 0 Å². The molecule has 0 atom stereocenters. The van der Waals surface area contributed by atoms with E-state index in [2.05, 4.69) is 29.1 Å². The van der Waals surface area contributed by atoms with Crippen molar-refractivity contribution in [3.8, 4) is 11.8 Å². The normalized spacial score (nSPS) is 10.9. The molecule has 0 aliphatic carbocycles. The Morgan fingerprint density at radius 2 is 1.86 bits per heavy atom. The summed E-state index contributed by atoms with van der Waals surface area (Å²) >= 11 is 0. The molecule has 2 aromatic rings. The van der Waals surface area contributed by atoms with E-state index in [-0.39, 0.29) is 0 Å². The van der Waals surface area contributed by atoms with Crippen molar-refractivity contribution >= 4 is 0 Å². The van der Waals surface area contributed by atoms with Crippen molar-refractivity contribution < 1.29 is 4.74 Å². The molecule has 4 nitrogen and oxygen atoms in total. The van der Waals surface area contributed by atoms with Crippen LogP contribution in [0, 0.1) is 19.8 Å². The third kappa shape index (κ3) is 4.83. The molecule has 0 saturated carbocycles. The Bertz CT molecular complexity index is 579. The Hall–Kier alpha value is -1.94. The summed E-state index contributed by atoms with van der Waals surface area (Å²) in [4.78, 5) is 8.70. The molecule has 1 aromatic carbocycles. The lowest BCUT2D eigenvalue weighted by atomic mass is 10.2. The van der Waals surface area contributed by atoms with Gasteiger partial charge < -0.3 is 10.1 Å². The molecular formula is C17H23N3O. The van der Waals surface area contributed by atoms with Gasteiger partial charge in [-0.05, 0) is 38.4 Å². The molecule has 4 heteroatoms. The first-order valence-electron chi connectivity index (χ1n) is 7.32. The summed E-state index contributed by atoms with van der Waals surface area (Å²) in [7, 11) is 0. The number of aryl methyl sites for hydroxylation is 2. The van der Waals surface area contributed by atoms with Gasteiger partial charge >= 0.3 is 6.01 Å².